The molecule has 3 N–H and O–H groups in total. The molecule has 1 rings (SSSR count). The van der Waals surface area contributed by atoms with Crippen LogP contribution in [0.15, 0.2) is 18.2 Å². The second kappa shape index (κ2) is 5.87. The predicted octanol–water partition coefficient (Wildman–Crippen LogP) is 3.18. The molecule has 0 aliphatic rings. The Labute approximate surface area is 122 Å². The van der Waals surface area contributed by atoms with Crippen molar-refractivity contribution >= 4 is 46.3 Å². The zero-order valence-corrected chi connectivity index (χ0v) is 12.4. The molecule has 0 fully saturated rings. The van der Waals surface area contributed by atoms with Gasteiger partial charge in [-0.2, -0.15) is 0 Å². The van der Waals surface area contributed by atoms with Crippen LogP contribution >= 0.6 is 35.4 Å². The highest BCUT2D eigenvalue weighted by molar-refractivity contribution is 7.80. The Balaban J connectivity index is 2.98. The molecule has 6 heteroatoms. The van der Waals surface area contributed by atoms with Crippen LogP contribution in [-0.2, 0) is 0 Å². The molecule has 0 aliphatic heterocycles. The minimum Gasteiger partial charge on any atom is -0.391 e. The number of carbonyl (C=O) groups excluding carboxylic acids is 1. The molecular weight excluding hydrogens is 291 g/mol. The van der Waals surface area contributed by atoms with Crippen molar-refractivity contribution in [3.63, 3.8) is 0 Å². The van der Waals surface area contributed by atoms with E-state index < -0.39 is 5.54 Å². The van der Waals surface area contributed by atoms with Crippen molar-refractivity contribution in [2.24, 2.45) is 5.73 Å². The Morgan fingerprint density at radius 2 is 1.89 bits per heavy atom. The molecule has 1 amide bonds. The number of thiocarbonyl (C=S) groups is 1. The van der Waals surface area contributed by atoms with Gasteiger partial charge in [-0.15, -0.1) is 0 Å². The molecule has 1 unspecified atom stereocenters. The van der Waals surface area contributed by atoms with E-state index in [1.54, 1.807) is 25.1 Å². The maximum atomic E-state index is 12.1. The van der Waals surface area contributed by atoms with Crippen molar-refractivity contribution in [3.05, 3.63) is 33.8 Å². The van der Waals surface area contributed by atoms with Gasteiger partial charge in [0.25, 0.3) is 5.91 Å². The average Bonchev–Trinajstić information content (AvgIpc) is 2.27. The number of halogens is 2. The van der Waals surface area contributed by atoms with Crippen LogP contribution in [0.1, 0.15) is 30.6 Å². The molecule has 0 radical (unpaired) electrons. The normalized spacial score (nSPS) is 13.8. The second-order valence-corrected chi connectivity index (χ2v) is 5.47. The van der Waals surface area contributed by atoms with E-state index in [9.17, 15) is 4.79 Å². The van der Waals surface area contributed by atoms with E-state index in [2.05, 4.69) is 5.32 Å². The number of hydrogen-bond donors (Lipinski definition) is 2. The zero-order valence-electron chi connectivity index (χ0n) is 10.1. The summed E-state index contributed by atoms with van der Waals surface area (Å²) >= 11 is 16.7. The fourth-order valence-electron chi connectivity index (χ4n) is 1.33. The Kier molecular flexibility index (Phi) is 4.96. The van der Waals surface area contributed by atoms with Crippen LogP contribution in [0.5, 0.6) is 0 Å². The number of carbonyl (C=O) groups is 1. The molecule has 0 saturated heterocycles. The number of rotatable bonds is 4. The van der Waals surface area contributed by atoms with Crippen LogP contribution in [0.3, 0.4) is 0 Å². The van der Waals surface area contributed by atoms with Crippen molar-refractivity contribution < 1.29 is 4.79 Å². The molecular formula is C12H14Cl2N2OS. The second-order valence-electron chi connectivity index (χ2n) is 4.16. The van der Waals surface area contributed by atoms with Crippen LogP contribution in [0.25, 0.3) is 0 Å². The van der Waals surface area contributed by atoms with Gasteiger partial charge in [0, 0.05) is 15.6 Å². The lowest BCUT2D eigenvalue weighted by Crippen LogP contribution is -2.54. The van der Waals surface area contributed by atoms with E-state index in [1.807, 2.05) is 6.92 Å². The van der Waals surface area contributed by atoms with Crippen molar-refractivity contribution in [1.82, 2.24) is 5.32 Å². The number of amides is 1. The van der Waals surface area contributed by atoms with Crippen LogP contribution in [0, 0.1) is 0 Å². The van der Waals surface area contributed by atoms with Gasteiger partial charge in [0.15, 0.2) is 0 Å². The third-order valence-electron chi connectivity index (χ3n) is 2.77. The topological polar surface area (TPSA) is 55.1 Å². The Hall–Kier alpha value is -0.840. The first-order chi connectivity index (χ1) is 8.28. The molecule has 98 valence electrons. The summed E-state index contributed by atoms with van der Waals surface area (Å²) in [5.41, 5.74) is 5.29. The van der Waals surface area contributed by atoms with Gasteiger partial charge in [-0.25, -0.2) is 0 Å². The summed E-state index contributed by atoms with van der Waals surface area (Å²) in [5.74, 6) is -0.309. The summed E-state index contributed by atoms with van der Waals surface area (Å²) in [4.78, 5) is 12.3. The van der Waals surface area contributed by atoms with E-state index in [-0.39, 0.29) is 10.9 Å². The van der Waals surface area contributed by atoms with Crippen molar-refractivity contribution in [2.75, 3.05) is 0 Å². The third kappa shape index (κ3) is 3.57. The summed E-state index contributed by atoms with van der Waals surface area (Å²) in [6.07, 6.45) is 0.600. The smallest absolute Gasteiger partial charge is 0.252 e. The molecule has 0 bridgehead atoms. The van der Waals surface area contributed by atoms with Gasteiger partial charge < -0.3 is 11.1 Å². The lowest BCUT2D eigenvalue weighted by Gasteiger charge is -2.28. The van der Waals surface area contributed by atoms with E-state index in [1.165, 1.54) is 0 Å². The largest absolute Gasteiger partial charge is 0.391 e. The lowest BCUT2D eigenvalue weighted by atomic mass is 9.98. The maximum Gasteiger partial charge on any atom is 0.252 e. The fourth-order valence-corrected chi connectivity index (χ4v) is 2.05. The first-order valence-electron chi connectivity index (χ1n) is 5.37. The van der Waals surface area contributed by atoms with E-state index in [0.717, 1.165) is 0 Å². The van der Waals surface area contributed by atoms with Gasteiger partial charge in [-0.1, -0.05) is 42.3 Å². The Morgan fingerprint density at radius 3 is 2.28 bits per heavy atom. The maximum absolute atomic E-state index is 12.1. The summed E-state index contributed by atoms with van der Waals surface area (Å²) in [6, 6.07) is 4.64. The van der Waals surface area contributed by atoms with Gasteiger partial charge in [0.2, 0.25) is 0 Å². The molecule has 0 aliphatic carbocycles. The number of nitrogens with one attached hydrogen (secondary N) is 1. The molecule has 3 nitrogen and oxygen atoms in total. The van der Waals surface area contributed by atoms with Gasteiger partial charge in [-0.05, 0) is 31.5 Å². The van der Waals surface area contributed by atoms with E-state index >= 15 is 0 Å². The number of hydrogen-bond acceptors (Lipinski definition) is 2. The quantitative estimate of drug-likeness (QED) is 0.840. The monoisotopic (exact) mass is 304 g/mol. The summed E-state index contributed by atoms with van der Waals surface area (Å²) in [5, 5.41) is 3.60. The minimum absolute atomic E-state index is 0.242. The van der Waals surface area contributed by atoms with Gasteiger partial charge in [0.1, 0.15) is 0 Å². The molecule has 1 aromatic carbocycles. The SMILES string of the molecule is CCC(C)(NC(=O)c1cc(Cl)cc(Cl)c1)C(N)=S. The first kappa shape index (κ1) is 15.2. The highest BCUT2D eigenvalue weighted by Crippen LogP contribution is 2.20. The highest BCUT2D eigenvalue weighted by Gasteiger charge is 2.28. The standard InChI is InChI=1S/C12H14Cl2N2OS/c1-3-12(2,11(15)18)16-10(17)7-4-8(13)6-9(14)5-7/h4-6H,3H2,1-2H3,(H2,15,18)(H,16,17). The molecule has 1 aromatic rings. The molecule has 0 heterocycles. The van der Waals surface area contributed by atoms with Crippen molar-refractivity contribution in [1.29, 1.82) is 0 Å². The Bertz CT molecular complexity index is 473. The van der Waals surface area contributed by atoms with E-state index in [0.29, 0.717) is 22.0 Å². The average molecular weight is 305 g/mol. The van der Waals surface area contributed by atoms with Crippen LogP contribution < -0.4 is 11.1 Å². The fraction of sp³-hybridized carbons (Fsp3) is 0.333. The first-order valence-corrected chi connectivity index (χ1v) is 6.53. The highest BCUT2D eigenvalue weighted by atomic mass is 35.5. The van der Waals surface area contributed by atoms with Gasteiger partial charge in [0.05, 0.1) is 10.5 Å². The zero-order chi connectivity index (χ0) is 13.9. The molecule has 0 aromatic heterocycles. The molecule has 0 saturated carbocycles. The van der Waals surface area contributed by atoms with Crippen LogP contribution in [-0.4, -0.2) is 16.4 Å². The summed E-state index contributed by atoms with van der Waals surface area (Å²) in [7, 11) is 0. The Morgan fingerprint density at radius 1 is 1.39 bits per heavy atom. The predicted molar refractivity (Wildman–Crippen MR) is 79.4 cm³/mol. The molecule has 1 atom stereocenters. The summed E-state index contributed by atoms with van der Waals surface area (Å²) in [6.45, 7) is 3.67. The number of nitrogens with two attached hydrogens (primary N) is 1. The van der Waals surface area contributed by atoms with Crippen molar-refractivity contribution in [3.8, 4) is 0 Å². The van der Waals surface area contributed by atoms with Gasteiger partial charge >= 0.3 is 0 Å². The van der Waals surface area contributed by atoms with Crippen LogP contribution in [0.4, 0.5) is 0 Å². The minimum atomic E-state index is -0.721. The third-order valence-corrected chi connectivity index (χ3v) is 3.65. The molecule has 0 spiro atoms. The molecule has 18 heavy (non-hydrogen) atoms. The number of benzene rings is 1. The summed E-state index contributed by atoms with van der Waals surface area (Å²) < 4.78 is 0. The van der Waals surface area contributed by atoms with Crippen LogP contribution in [0.2, 0.25) is 10.0 Å². The van der Waals surface area contributed by atoms with E-state index in [4.69, 9.17) is 41.2 Å². The van der Waals surface area contributed by atoms with Crippen molar-refractivity contribution in [2.45, 2.75) is 25.8 Å². The van der Waals surface area contributed by atoms with Gasteiger partial charge in [-0.3, -0.25) is 4.79 Å². The lowest BCUT2D eigenvalue weighted by molar-refractivity contribution is 0.0926.